The molecule has 1 aromatic carbocycles. The lowest BCUT2D eigenvalue weighted by molar-refractivity contribution is 0.336. The molecule has 0 radical (unpaired) electrons. The van der Waals surface area contributed by atoms with Crippen LogP contribution in [0.1, 0.15) is 38.1 Å². The van der Waals surface area contributed by atoms with Crippen molar-refractivity contribution in [2.24, 2.45) is 5.41 Å². The Morgan fingerprint density at radius 3 is 2.44 bits per heavy atom. The van der Waals surface area contributed by atoms with Crippen LogP contribution in [0.15, 0.2) is 18.2 Å². The third-order valence-electron chi connectivity index (χ3n) is 3.08. The fraction of sp³-hybridized carbons (Fsp3) is 0.538. The summed E-state index contributed by atoms with van der Waals surface area (Å²) < 4.78 is 5.11. The second-order valence-electron chi connectivity index (χ2n) is 4.59. The van der Waals surface area contributed by atoms with E-state index < -0.39 is 0 Å². The molecule has 0 spiro atoms. The van der Waals surface area contributed by atoms with E-state index in [0.717, 1.165) is 17.7 Å². The molecule has 0 aliphatic carbocycles. The first-order valence-electron chi connectivity index (χ1n) is 5.40. The van der Waals surface area contributed by atoms with Gasteiger partial charge in [0.2, 0.25) is 0 Å². The molecule has 0 aliphatic rings. The lowest BCUT2D eigenvalue weighted by Gasteiger charge is -2.29. The van der Waals surface area contributed by atoms with E-state index in [-0.39, 0.29) is 10.8 Å². The van der Waals surface area contributed by atoms with Gasteiger partial charge in [-0.05, 0) is 29.5 Å². The number of rotatable bonds is 4. The van der Waals surface area contributed by atoms with Crippen LogP contribution in [0.5, 0.6) is 5.75 Å². The van der Waals surface area contributed by atoms with E-state index in [1.807, 2.05) is 12.1 Å². The minimum atomic E-state index is -0.0871. The van der Waals surface area contributed by atoms with Gasteiger partial charge in [0.05, 0.1) is 12.5 Å². The second kappa shape index (κ2) is 5.29. The molecule has 0 saturated heterocycles. The maximum atomic E-state index is 6.47. The van der Waals surface area contributed by atoms with E-state index in [9.17, 15) is 0 Å². The average molecular weight is 261 g/mol. The summed E-state index contributed by atoms with van der Waals surface area (Å²) in [4.78, 5) is 0. The third-order valence-corrected chi connectivity index (χ3v) is 4.23. The van der Waals surface area contributed by atoms with Crippen LogP contribution in [0.4, 0.5) is 0 Å². The molecule has 1 atom stereocenters. The molecule has 16 heavy (non-hydrogen) atoms. The fourth-order valence-electron chi connectivity index (χ4n) is 1.44. The monoisotopic (exact) mass is 260 g/mol. The molecule has 1 aromatic rings. The first-order valence-corrected chi connectivity index (χ1v) is 6.21. The minimum absolute atomic E-state index is 0.0276. The number of methoxy groups -OCH3 is 1. The molecule has 1 rings (SSSR count). The Kier molecular flexibility index (Phi) is 4.52. The van der Waals surface area contributed by atoms with Crippen molar-refractivity contribution in [3.63, 3.8) is 0 Å². The molecule has 0 saturated carbocycles. The van der Waals surface area contributed by atoms with E-state index in [1.54, 1.807) is 13.2 Å². The van der Waals surface area contributed by atoms with E-state index >= 15 is 0 Å². The third kappa shape index (κ3) is 2.83. The molecular weight excluding hydrogens is 243 g/mol. The lowest BCUT2D eigenvalue weighted by Crippen LogP contribution is -2.17. The van der Waals surface area contributed by atoms with Crippen molar-refractivity contribution < 1.29 is 4.74 Å². The smallest absolute Gasteiger partial charge is 0.120 e. The summed E-state index contributed by atoms with van der Waals surface area (Å²) in [6.45, 7) is 6.42. The van der Waals surface area contributed by atoms with Crippen LogP contribution in [0.2, 0.25) is 5.02 Å². The van der Waals surface area contributed by atoms with Gasteiger partial charge in [-0.2, -0.15) is 0 Å². The van der Waals surface area contributed by atoms with E-state index in [4.69, 9.17) is 27.9 Å². The average Bonchev–Trinajstić information content (AvgIpc) is 2.28. The van der Waals surface area contributed by atoms with Crippen LogP contribution in [0.25, 0.3) is 0 Å². The zero-order valence-electron chi connectivity index (χ0n) is 10.2. The summed E-state index contributed by atoms with van der Waals surface area (Å²) >= 11 is 12.7. The highest BCUT2D eigenvalue weighted by atomic mass is 35.5. The number of ether oxygens (including phenoxy) is 1. The van der Waals surface area contributed by atoms with Gasteiger partial charge in [-0.3, -0.25) is 0 Å². The van der Waals surface area contributed by atoms with Gasteiger partial charge in [0.1, 0.15) is 5.75 Å². The summed E-state index contributed by atoms with van der Waals surface area (Å²) in [6, 6.07) is 5.64. The molecule has 1 unspecified atom stereocenters. The number of hydrogen-bond acceptors (Lipinski definition) is 1. The van der Waals surface area contributed by atoms with Crippen molar-refractivity contribution in [3.05, 3.63) is 28.8 Å². The Hall–Kier alpha value is -0.400. The first-order chi connectivity index (χ1) is 7.42. The molecule has 0 N–H and O–H groups in total. The minimum Gasteiger partial charge on any atom is -0.497 e. The van der Waals surface area contributed by atoms with Crippen LogP contribution < -0.4 is 4.74 Å². The highest BCUT2D eigenvalue weighted by molar-refractivity contribution is 6.33. The maximum Gasteiger partial charge on any atom is 0.120 e. The zero-order valence-corrected chi connectivity index (χ0v) is 11.7. The number of benzene rings is 1. The Balaban J connectivity index is 3.05. The largest absolute Gasteiger partial charge is 0.497 e. The van der Waals surface area contributed by atoms with Crippen molar-refractivity contribution >= 4 is 23.2 Å². The molecule has 0 amide bonds. The molecule has 0 fully saturated rings. The standard InChI is InChI=1S/C13H18Cl2O/c1-5-13(2,3)12(15)10-7-6-9(16-4)8-11(10)14/h6-8,12H,5H2,1-4H3. The van der Waals surface area contributed by atoms with Crippen molar-refractivity contribution in [2.75, 3.05) is 7.11 Å². The topological polar surface area (TPSA) is 9.23 Å². The number of alkyl halides is 1. The Morgan fingerprint density at radius 1 is 1.38 bits per heavy atom. The van der Waals surface area contributed by atoms with Gasteiger partial charge < -0.3 is 4.74 Å². The quantitative estimate of drug-likeness (QED) is 0.688. The molecular formula is C13H18Cl2O. The number of halogens is 2. The Bertz CT molecular complexity index is 361. The van der Waals surface area contributed by atoms with Gasteiger partial charge in [0, 0.05) is 5.02 Å². The molecule has 3 heteroatoms. The molecule has 0 bridgehead atoms. The van der Waals surface area contributed by atoms with Gasteiger partial charge in [-0.15, -0.1) is 11.6 Å². The van der Waals surface area contributed by atoms with Crippen molar-refractivity contribution in [3.8, 4) is 5.75 Å². The first kappa shape index (κ1) is 13.7. The normalized spacial score (nSPS) is 13.6. The summed E-state index contributed by atoms with van der Waals surface area (Å²) in [5.74, 6) is 0.756. The zero-order chi connectivity index (χ0) is 12.3. The molecule has 90 valence electrons. The van der Waals surface area contributed by atoms with Crippen molar-refractivity contribution in [2.45, 2.75) is 32.6 Å². The van der Waals surface area contributed by atoms with E-state index in [2.05, 4.69) is 20.8 Å². The Morgan fingerprint density at radius 2 is 2.00 bits per heavy atom. The molecule has 1 nitrogen and oxygen atoms in total. The van der Waals surface area contributed by atoms with Crippen LogP contribution >= 0.6 is 23.2 Å². The SMILES string of the molecule is CCC(C)(C)C(Cl)c1ccc(OC)cc1Cl. The fourth-order valence-corrected chi connectivity index (χ4v) is 2.12. The van der Waals surface area contributed by atoms with Crippen LogP contribution in [0, 0.1) is 5.41 Å². The highest BCUT2D eigenvalue weighted by Crippen LogP contribution is 2.44. The van der Waals surface area contributed by atoms with Crippen molar-refractivity contribution in [1.82, 2.24) is 0 Å². The van der Waals surface area contributed by atoms with Gasteiger partial charge in [-0.1, -0.05) is 38.4 Å². The van der Waals surface area contributed by atoms with E-state index in [0.29, 0.717) is 5.02 Å². The highest BCUT2D eigenvalue weighted by Gasteiger charge is 2.28. The molecule has 0 aliphatic heterocycles. The maximum absolute atomic E-state index is 6.47. The van der Waals surface area contributed by atoms with E-state index in [1.165, 1.54) is 0 Å². The molecule has 0 aromatic heterocycles. The molecule has 0 heterocycles. The van der Waals surface area contributed by atoms with Crippen LogP contribution in [0.3, 0.4) is 0 Å². The van der Waals surface area contributed by atoms with Crippen LogP contribution in [-0.4, -0.2) is 7.11 Å². The Labute approximate surface area is 108 Å². The summed E-state index contributed by atoms with van der Waals surface area (Å²) in [5.41, 5.74) is 0.996. The summed E-state index contributed by atoms with van der Waals surface area (Å²) in [7, 11) is 1.62. The van der Waals surface area contributed by atoms with Gasteiger partial charge >= 0.3 is 0 Å². The van der Waals surface area contributed by atoms with Crippen LogP contribution in [-0.2, 0) is 0 Å². The predicted octanol–water partition coefficient (Wildman–Crippen LogP) is 5.06. The lowest BCUT2D eigenvalue weighted by atomic mass is 9.83. The summed E-state index contributed by atoms with van der Waals surface area (Å²) in [6.07, 6.45) is 1.00. The van der Waals surface area contributed by atoms with Crippen molar-refractivity contribution in [1.29, 1.82) is 0 Å². The van der Waals surface area contributed by atoms with Gasteiger partial charge in [-0.25, -0.2) is 0 Å². The van der Waals surface area contributed by atoms with Gasteiger partial charge in [0.15, 0.2) is 0 Å². The summed E-state index contributed by atoms with van der Waals surface area (Å²) in [5, 5.41) is 0.580. The van der Waals surface area contributed by atoms with Gasteiger partial charge in [0.25, 0.3) is 0 Å². The number of hydrogen-bond donors (Lipinski definition) is 0. The predicted molar refractivity (Wildman–Crippen MR) is 70.7 cm³/mol. The second-order valence-corrected chi connectivity index (χ2v) is 5.44.